The zero-order valence-electron chi connectivity index (χ0n) is 12.1. The maximum atomic E-state index is 12.6. The molecule has 0 aliphatic heterocycles. The predicted molar refractivity (Wildman–Crippen MR) is 87.0 cm³/mol. The Balaban J connectivity index is 2.20. The Labute approximate surface area is 133 Å². The molecular formula is C16H18BrN3O. The van der Waals surface area contributed by atoms with Gasteiger partial charge in [0.05, 0.1) is 18.3 Å². The third-order valence-corrected chi connectivity index (χ3v) is 3.94. The molecule has 2 aromatic rings. The van der Waals surface area contributed by atoms with Crippen LogP contribution in [0.3, 0.4) is 0 Å². The van der Waals surface area contributed by atoms with Crippen LogP contribution >= 0.6 is 15.9 Å². The van der Waals surface area contributed by atoms with Crippen LogP contribution in [0.2, 0.25) is 0 Å². The zero-order chi connectivity index (χ0) is 15.2. The minimum Gasteiger partial charge on any atom is -0.309 e. The standard InChI is InChI=1S/C16H18BrN3O/c1-3-11(2)15(12-7-5-4-6-8-12)16(21)20-14-10-18-13(17)9-19-14/h4-11,15H,3H2,1-2H3,(H,19,20,21). The molecule has 0 aliphatic carbocycles. The summed E-state index contributed by atoms with van der Waals surface area (Å²) in [7, 11) is 0. The van der Waals surface area contributed by atoms with E-state index < -0.39 is 0 Å². The summed E-state index contributed by atoms with van der Waals surface area (Å²) in [5.41, 5.74) is 1.02. The topological polar surface area (TPSA) is 54.9 Å². The van der Waals surface area contributed by atoms with Gasteiger partial charge < -0.3 is 5.32 Å². The number of rotatable bonds is 5. The van der Waals surface area contributed by atoms with E-state index >= 15 is 0 Å². The maximum Gasteiger partial charge on any atom is 0.233 e. The van der Waals surface area contributed by atoms with E-state index in [4.69, 9.17) is 0 Å². The highest BCUT2D eigenvalue weighted by molar-refractivity contribution is 9.10. The highest BCUT2D eigenvalue weighted by Crippen LogP contribution is 2.28. The number of benzene rings is 1. The van der Waals surface area contributed by atoms with Crippen molar-refractivity contribution in [1.82, 2.24) is 9.97 Å². The van der Waals surface area contributed by atoms with Gasteiger partial charge in [-0.2, -0.15) is 0 Å². The second kappa shape index (κ2) is 7.31. The van der Waals surface area contributed by atoms with Gasteiger partial charge in [0.25, 0.3) is 0 Å². The van der Waals surface area contributed by atoms with Crippen LogP contribution in [0.4, 0.5) is 5.82 Å². The fourth-order valence-corrected chi connectivity index (χ4v) is 2.42. The van der Waals surface area contributed by atoms with Crippen molar-refractivity contribution in [3.8, 4) is 0 Å². The van der Waals surface area contributed by atoms with Gasteiger partial charge in [-0.15, -0.1) is 0 Å². The molecule has 2 rings (SSSR count). The molecule has 4 nitrogen and oxygen atoms in total. The Morgan fingerprint density at radius 2 is 1.95 bits per heavy atom. The van der Waals surface area contributed by atoms with E-state index in [1.165, 1.54) is 0 Å². The molecule has 0 spiro atoms. The lowest BCUT2D eigenvalue weighted by Gasteiger charge is -2.22. The number of nitrogens with one attached hydrogen (secondary N) is 1. The smallest absolute Gasteiger partial charge is 0.233 e. The molecule has 0 radical (unpaired) electrons. The molecule has 2 atom stereocenters. The largest absolute Gasteiger partial charge is 0.309 e. The van der Waals surface area contributed by atoms with Crippen LogP contribution in [0.1, 0.15) is 31.7 Å². The summed E-state index contributed by atoms with van der Waals surface area (Å²) < 4.78 is 0.641. The van der Waals surface area contributed by atoms with Gasteiger partial charge in [0.15, 0.2) is 5.82 Å². The molecule has 110 valence electrons. The molecule has 2 unspecified atom stereocenters. The second-order valence-electron chi connectivity index (χ2n) is 4.99. The third kappa shape index (κ3) is 4.11. The Morgan fingerprint density at radius 3 is 2.52 bits per heavy atom. The van der Waals surface area contributed by atoms with Crippen LogP contribution in [-0.2, 0) is 4.79 Å². The number of halogens is 1. The summed E-state index contributed by atoms with van der Waals surface area (Å²) in [4.78, 5) is 20.8. The molecular weight excluding hydrogens is 330 g/mol. The van der Waals surface area contributed by atoms with Crippen LogP contribution in [0, 0.1) is 5.92 Å². The van der Waals surface area contributed by atoms with E-state index in [9.17, 15) is 4.79 Å². The fraction of sp³-hybridized carbons (Fsp3) is 0.312. The number of carbonyl (C=O) groups is 1. The number of amides is 1. The maximum absolute atomic E-state index is 12.6. The first-order chi connectivity index (χ1) is 10.1. The van der Waals surface area contributed by atoms with Crippen molar-refractivity contribution < 1.29 is 4.79 Å². The second-order valence-corrected chi connectivity index (χ2v) is 5.80. The van der Waals surface area contributed by atoms with Crippen molar-refractivity contribution in [3.63, 3.8) is 0 Å². The van der Waals surface area contributed by atoms with Crippen LogP contribution in [0.15, 0.2) is 47.3 Å². The normalized spacial score (nSPS) is 13.5. The van der Waals surface area contributed by atoms with E-state index in [1.54, 1.807) is 12.4 Å². The molecule has 0 saturated heterocycles. The molecule has 21 heavy (non-hydrogen) atoms. The number of aromatic nitrogens is 2. The van der Waals surface area contributed by atoms with Crippen molar-refractivity contribution in [2.75, 3.05) is 5.32 Å². The van der Waals surface area contributed by atoms with Crippen molar-refractivity contribution in [2.24, 2.45) is 5.92 Å². The van der Waals surface area contributed by atoms with Crippen LogP contribution < -0.4 is 5.32 Å². The number of hydrogen-bond acceptors (Lipinski definition) is 3. The SMILES string of the molecule is CCC(C)C(C(=O)Nc1cnc(Br)cn1)c1ccccc1. The summed E-state index contributed by atoms with van der Waals surface area (Å²) in [6, 6.07) is 9.84. The average molecular weight is 348 g/mol. The van der Waals surface area contributed by atoms with Crippen molar-refractivity contribution in [2.45, 2.75) is 26.2 Å². The van der Waals surface area contributed by atoms with E-state index in [-0.39, 0.29) is 17.7 Å². The summed E-state index contributed by atoms with van der Waals surface area (Å²) in [6.45, 7) is 4.18. The molecule has 1 N–H and O–H groups in total. The Bertz CT molecular complexity index is 586. The van der Waals surface area contributed by atoms with Crippen molar-refractivity contribution in [3.05, 3.63) is 52.9 Å². The van der Waals surface area contributed by atoms with Crippen molar-refractivity contribution >= 4 is 27.7 Å². The third-order valence-electron chi connectivity index (χ3n) is 3.53. The lowest BCUT2D eigenvalue weighted by atomic mass is 9.85. The molecule has 1 aromatic heterocycles. The Kier molecular flexibility index (Phi) is 5.44. The zero-order valence-corrected chi connectivity index (χ0v) is 13.7. The van der Waals surface area contributed by atoms with Gasteiger partial charge in [0.1, 0.15) is 4.60 Å². The molecule has 1 amide bonds. The molecule has 1 aromatic carbocycles. The van der Waals surface area contributed by atoms with E-state index in [0.717, 1.165) is 12.0 Å². The molecule has 0 fully saturated rings. The molecule has 0 bridgehead atoms. The monoisotopic (exact) mass is 347 g/mol. The number of hydrogen-bond donors (Lipinski definition) is 1. The molecule has 5 heteroatoms. The first-order valence-electron chi connectivity index (χ1n) is 6.95. The van der Waals surface area contributed by atoms with Gasteiger partial charge in [-0.1, -0.05) is 50.6 Å². The van der Waals surface area contributed by atoms with Crippen molar-refractivity contribution in [1.29, 1.82) is 0 Å². The van der Waals surface area contributed by atoms with E-state index in [1.807, 2.05) is 30.3 Å². The van der Waals surface area contributed by atoms with Gasteiger partial charge in [-0.25, -0.2) is 9.97 Å². The first kappa shape index (κ1) is 15.6. The van der Waals surface area contributed by atoms with Crippen LogP contribution in [-0.4, -0.2) is 15.9 Å². The molecule has 1 heterocycles. The summed E-state index contributed by atoms with van der Waals surface area (Å²) in [5.74, 6) is 0.470. The number of anilines is 1. The highest BCUT2D eigenvalue weighted by Gasteiger charge is 2.26. The number of nitrogens with zero attached hydrogens (tertiary/aromatic N) is 2. The Hall–Kier alpha value is -1.75. The lowest BCUT2D eigenvalue weighted by Crippen LogP contribution is -2.26. The summed E-state index contributed by atoms with van der Waals surface area (Å²) in [6.07, 6.45) is 4.04. The van der Waals surface area contributed by atoms with Crippen LogP contribution in [0.25, 0.3) is 0 Å². The quantitative estimate of drug-likeness (QED) is 0.888. The van der Waals surface area contributed by atoms with E-state index in [0.29, 0.717) is 10.4 Å². The minimum atomic E-state index is -0.193. The van der Waals surface area contributed by atoms with Gasteiger partial charge in [-0.05, 0) is 27.4 Å². The van der Waals surface area contributed by atoms with Gasteiger partial charge in [0.2, 0.25) is 5.91 Å². The molecule has 0 saturated carbocycles. The highest BCUT2D eigenvalue weighted by atomic mass is 79.9. The van der Waals surface area contributed by atoms with Gasteiger partial charge in [0, 0.05) is 0 Å². The predicted octanol–water partition coefficient (Wildman–Crippen LogP) is 4.01. The number of carbonyl (C=O) groups excluding carboxylic acids is 1. The summed E-state index contributed by atoms with van der Waals surface area (Å²) in [5, 5.41) is 2.85. The summed E-state index contributed by atoms with van der Waals surface area (Å²) >= 11 is 3.23. The first-order valence-corrected chi connectivity index (χ1v) is 7.74. The lowest BCUT2D eigenvalue weighted by molar-refractivity contribution is -0.118. The van der Waals surface area contributed by atoms with E-state index in [2.05, 4.69) is 45.1 Å². The average Bonchev–Trinajstić information content (AvgIpc) is 2.50. The fourth-order valence-electron chi connectivity index (χ4n) is 2.22. The van der Waals surface area contributed by atoms with Crippen LogP contribution in [0.5, 0.6) is 0 Å². The van der Waals surface area contributed by atoms with Gasteiger partial charge >= 0.3 is 0 Å². The minimum absolute atomic E-state index is 0.0489. The molecule has 0 aliphatic rings. The van der Waals surface area contributed by atoms with Gasteiger partial charge in [-0.3, -0.25) is 4.79 Å². The Morgan fingerprint density at radius 1 is 1.24 bits per heavy atom.